The van der Waals surface area contributed by atoms with E-state index in [0.717, 1.165) is 5.56 Å². The molecule has 0 N–H and O–H groups in total. The monoisotopic (exact) mass is 287 g/mol. The lowest BCUT2D eigenvalue weighted by Gasteiger charge is -1.93. The predicted octanol–water partition coefficient (Wildman–Crippen LogP) is 3.14. The number of oxazole rings is 1. The highest BCUT2D eigenvalue weighted by Gasteiger charge is 2.14. The van der Waals surface area contributed by atoms with E-state index in [0.29, 0.717) is 17.0 Å². The molecule has 0 saturated carbocycles. The predicted molar refractivity (Wildman–Crippen MR) is 61.7 cm³/mol. The maximum atomic E-state index is 11.3. The van der Waals surface area contributed by atoms with E-state index < -0.39 is 0 Å². The standard InChI is InChI=1S/C10H7BrClNO2/c11-4-8(14)10-13-7-3-1-2-6(5-12)9(7)15-10/h1-3H,4-5H2. The number of hydrogen-bond donors (Lipinski definition) is 0. The summed E-state index contributed by atoms with van der Waals surface area (Å²) < 4.78 is 5.37. The molecule has 0 amide bonds. The highest BCUT2D eigenvalue weighted by molar-refractivity contribution is 9.09. The fourth-order valence-corrected chi connectivity index (χ4v) is 1.74. The summed E-state index contributed by atoms with van der Waals surface area (Å²) in [6.07, 6.45) is 0. The molecular weight excluding hydrogens is 281 g/mol. The molecule has 0 spiro atoms. The van der Waals surface area contributed by atoms with Crippen LogP contribution in [0.1, 0.15) is 16.2 Å². The number of carbonyl (C=O) groups is 1. The van der Waals surface area contributed by atoms with E-state index in [1.54, 1.807) is 6.07 Å². The van der Waals surface area contributed by atoms with Gasteiger partial charge in [0.25, 0.3) is 5.89 Å². The van der Waals surface area contributed by atoms with Gasteiger partial charge in [0.05, 0.1) is 11.2 Å². The van der Waals surface area contributed by atoms with Gasteiger partial charge in [0.15, 0.2) is 5.58 Å². The second kappa shape index (κ2) is 4.33. The van der Waals surface area contributed by atoms with Crippen molar-refractivity contribution in [3.8, 4) is 0 Å². The summed E-state index contributed by atoms with van der Waals surface area (Å²) in [6.45, 7) is 0. The number of hydrogen-bond acceptors (Lipinski definition) is 3. The summed E-state index contributed by atoms with van der Waals surface area (Å²) in [5.41, 5.74) is 2.10. The van der Waals surface area contributed by atoms with Crippen molar-refractivity contribution in [3.05, 3.63) is 29.7 Å². The van der Waals surface area contributed by atoms with Gasteiger partial charge in [-0.3, -0.25) is 4.79 Å². The van der Waals surface area contributed by atoms with Crippen LogP contribution in [0.25, 0.3) is 11.1 Å². The van der Waals surface area contributed by atoms with Crippen LogP contribution in [0.15, 0.2) is 22.6 Å². The molecule has 2 rings (SSSR count). The first-order valence-electron chi connectivity index (χ1n) is 4.30. The lowest BCUT2D eigenvalue weighted by molar-refractivity contribution is 0.0989. The van der Waals surface area contributed by atoms with Crippen molar-refractivity contribution in [2.24, 2.45) is 0 Å². The minimum absolute atomic E-state index is 0.124. The van der Waals surface area contributed by atoms with Crippen LogP contribution in [0.3, 0.4) is 0 Å². The Balaban J connectivity index is 2.60. The van der Waals surface area contributed by atoms with E-state index in [9.17, 15) is 4.79 Å². The zero-order valence-electron chi connectivity index (χ0n) is 7.67. The largest absolute Gasteiger partial charge is 0.433 e. The second-order valence-electron chi connectivity index (χ2n) is 2.97. The molecule has 0 aliphatic heterocycles. The Morgan fingerprint density at radius 2 is 2.33 bits per heavy atom. The molecule has 78 valence electrons. The summed E-state index contributed by atoms with van der Waals surface area (Å²) in [4.78, 5) is 15.4. The molecule has 1 aromatic heterocycles. The van der Waals surface area contributed by atoms with Gasteiger partial charge in [0.2, 0.25) is 5.78 Å². The number of rotatable bonds is 3. The molecule has 2 aromatic rings. The lowest BCUT2D eigenvalue weighted by atomic mass is 10.2. The molecule has 15 heavy (non-hydrogen) atoms. The Kier molecular flexibility index (Phi) is 3.07. The first-order chi connectivity index (χ1) is 7.26. The number of halogens is 2. The van der Waals surface area contributed by atoms with E-state index >= 15 is 0 Å². The molecule has 3 nitrogen and oxygen atoms in total. The van der Waals surface area contributed by atoms with Crippen LogP contribution in [0, 0.1) is 0 Å². The van der Waals surface area contributed by atoms with Crippen LogP contribution in [0.5, 0.6) is 0 Å². The number of ketones is 1. The number of Topliss-reactive ketones (excluding diaryl/α,β-unsaturated/α-hetero) is 1. The molecule has 1 heterocycles. The molecule has 0 saturated heterocycles. The molecular formula is C10H7BrClNO2. The van der Waals surface area contributed by atoms with E-state index in [-0.39, 0.29) is 17.0 Å². The van der Waals surface area contributed by atoms with Crippen molar-refractivity contribution in [3.63, 3.8) is 0 Å². The minimum atomic E-state index is -0.174. The smallest absolute Gasteiger partial charge is 0.265 e. The summed E-state index contributed by atoms with van der Waals surface area (Å²) in [5.74, 6) is 0.292. The van der Waals surface area contributed by atoms with Crippen LogP contribution >= 0.6 is 27.5 Å². The molecule has 0 radical (unpaired) electrons. The van der Waals surface area contributed by atoms with Gasteiger partial charge in [-0.25, -0.2) is 4.98 Å². The van der Waals surface area contributed by atoms with E-state index in [1.165, 1.54) is 0 Å². The zero-order valence-corrected chi connectivity index (χ0v) is 10.0. The SMILES string of the molecule is O=C(CBr)c1nc2cccc(CCl)c2o1. The Morgan fingerprint density at radius 3 is 3.00 bits per heavy atom. The Bertz CT molecular complexity index is 509. The summed E-state index contributed by atoms with van der Waals surface area (Å²) in [5, 5.41) is 0.204. The lowest BCUT2D eigenvalue weighted by Crippen LogP contribution is -1.99. The molecule has 0 aliphatic carbocycles. The van der Waals surface area contributed by atoms with Crippen LogP contribution in [0.2, 0.25) is 0 Å². The fourth-order valence-electron chi connectivity index (χ4n) is 1.29. The molecule has 1 aromatic carbocycles. The van der Waals surface area contributed by atoms with Crippen molar-refractivity contribution in [2.75, 3.05) is 5.33 Å². The summed E-state index contributed by atoms with van der Waals surface area (Å²) in [7, 11) is 0. The third kappa shape index (κ3) is 1.92. The van der Waals surface area contributed by atoms with Gasteiger partial charge in [-0.1, -0.05) is 28.1 Å². The fraction of sp³-hybridized carbons (Fsp3) is 0.200. The van der Waals surface area contributed by atoms with Crippen molar-refractivity contribution >= 4 is 44.4 Å². The number of fused-ring (bicyclic) bond motifs is 1. The van der Waals surface area contributed by atoms with Crippen LogP contribution in [-0.4, -0.2) is 16.1 Å². The average molecular weight is 289 g/mol. The van der Waals surface area contributed by atoms with Crippen LogP contribution < -0.4 is 0 Å². The van der Waals surface area contributed by atoms with Gasteiger partial charge < -0.3 is 4.42 Å². The van der Waals surface area contributed by atoms with E-state index in [2.05, 4.69) is 20.9 Å². The zero-order chi connectivity index (χ0) is 10.8. The highest BCUT2D eigenvalue weighted by Crippen LogP contribution is 2.21. The third-order valence-electron chi connectivity index (χ3n) is 2.00. The van der Waals surface area contributed by atoms with Gasteiger partial charge in [0.1, 0.15) is 5.52 Å². The van der Waals surface area contributed by atoms with E-state index in [4.69, 9.17) is 16.0 Å². The average Bonchev–Trinajstić information content (AvgIpc) is 2.71. The van der Waals surface area contributed by atoms with Crippen molar-refractivity contribution in [2.45, 2.75) is 5.88 Å². The van der Waals surface area contributed by atoms with Gasteiger partial charge in [-0.2, -0.15) is 0 Å². The molecule has 0 atom stereocenters. The third-order valence-corrected chi connectivity index (χ3v) is 2.80. The second-order valence-corrected chi connectivity index (χ2v) is 3.80. The summed E-state index contributed by atoms with van der Waals surface area (Å²) >= 11 is 8.82. The number of carbonyl (C=O) groups excluding carboxylic acids is 1. The number of aromatic nitrogens is 1. The van der Waals surface area contributed by atoms with Crippen LogP contribution in [0.4, 0.5) is 0 Å². The molecule has 0 bridgehead atoms. The van der Waals surface area contributed by atoms with Gasteiger partial charge >= 0.3 is 0 Å². The van der Waals surface area contributed by atoms with Crippen molar-refractivity contribution in [1.82, 2.24) is 4.98 Å². The van der Waals surface area contributed by atoms with Crippen LogP contribution in [-0.2, 0) is 5.88 Å². The Hall–Kier alpha value is -0.870. The first-order valence-corrected chi connectivity index (χ1v) is 5.95. The normalized spacial score (nSPS) is 10.8. The Morgan fingerprint density at radius 1 is 1.53 bits per heavy atom. The number of alkyl halides is 2. The maximum absolute atomic E-state index is 11.3. The maximum Gasteiger partial charge on any atom is 0.265 e. The molecule has 0 aliphatic rings. The number of benzene rings is 1. The molecule has 0 unspecified atom stereocenters. The minimum Gasteiger partial charge on any atom is -0.433 e. The van der Waals surface area contributed by atoms with Gasteiger partial charge in [-0.05, 0) is 6.07 Å². The highest BCUT2D eigenvalue weighted by atomic mass is 79.9. The summed E-state index contributed by atoms with van der Waals surface area (Å²) in [6, 6.07) is 5.48. The van der Waals surface area contributed by atoms with Crippen molar-refractivity contribution in [1.29, 1.82) is 0 Å². The van der Waals surface area contributed by atoms with Gasteiger partial charge in [-0.15, -0.1) is 11.6 Å². The molecule has 5 heteroatoms. The van der Waals surface area contributed by atoms with E-state index in [1.807, 2.05) is 12.1 Å². The quantitative estimate of drug-likeness (QED) is 0.644. The molecule has 0 fully saturated rings. The Labute approximate surface area is 99.6 Å². The number of nitrogens with zero attached hydrogens (tertiary/aromatic N) is 1. The topological polar surface area (TPSA) is 43.1 Å². The van der Waals surface area contributed by atoms with Gasteiger partial charge in [0, 0.05) is 5.56 Å². The van der Waals surface area contributed by atoms with Crippen molar-refractivity contribution < 1.29 is 9.21 Å². The first kappa shape index (κ1) is 10.6. The number of para-hydroxylation sites is 1.